The van der Waals surface area contributed by atoms with Crippen LogP contribution in [-0.2, 0) is 0 Å². The van der Waals surface area contributed by atoms with Crippen molar-refractivity contribution in [3.63, 3.8) is 0 Å². The molecule has 5 nitrogen and oxygen atoms in total. The fourth-order valence-electron chi connectivity index (χ4n) is 4.10. The van der Waals surface area contributed by atoms with Crippen LogP contribution in [0.3, 0.4) is 0 Å². The van der Waals surface area contributed by atoms with Gasteiger partial charge in [0.25, 0.3) is 5.91 Å². The molecule has 2 heterocycles. The molecule has 1 aromatic heterocycles. The van der Waals surface area contributed by atoms with Crippen LogP contribution in [0, 0.1) is 0 Å². The number of hydrogen-bond donors (Lipinski definition) is 2. The van der Waals surface area contributed by atoms with E-state index < -0.39 is 24.2 Å². The highest BCUT2D eigenvalue weighted by Gasteiger charge is 2.46. The lowest BCUT2D eigenvalue weighted by atomic mass is 9.95. The molecule has 1 aromatic carbocycles. The second kappa shape index (κ2) is 7.89. The van der Waals surface area contributed by atoms with Crippen LogP contribution in [0.15, 0.2) is 30.3 Å². The molecule has 1 aliphatic heterocycles. The molecule has 1 aliphatic carbocycles. The van der Waals surface area contributed by atoms with Gasteiger partial charge in [-0.2, -0.15) is 18.3 Å². The molecular weight excluding hydrogens is 405 g/mol. The van der Waals surface area contributed by atoms with Gasteiger partial charge in [-0.25, -0.2) is 4.68 Å². The van der Waals surface area contributed by atoms with Crippen molar-refractivity contribution in [3.8, 4) is 0 Å². The number of aromatic nitrogens is 2. The summed E-state index contributed by atoms with van der Waals surface area (Å²) in [6.45, 7) is 0. The Balaban J connectivity index is 1.59. The van der Waals surface area contributed by atoms with E-state index in [0.29, 0.717) is 10.6 Å². The van der Waals surface area contributed by atoms with E-state index in [1.54, 1.807) is 24.3 Å². The summed E-state index contributed by atoms with van der Waals surface area (Å²) in [6.07, 6.45) is 0.321. The Bertz CT molecular complexity index is 875. The molecule has 0 bridgehead atoms. The zero-order valence-corrected chi connectivity index (χ0v) is 16.4. The van der Waals surface area contributed by atoms with E-state index >= 15 is 0 Å². The molecule has 2 aliphatic rings. The average molecular weight is 427 g/mol. The molecule has 1 fully saturated rings. The van der Waals surface area contributed by atoms with Crippen molar-refractivity contribution in [1.82, 2.24) is 15.1 Å². The minimum Gasteiger partial charge on any atom is -0.363 e. The van der Waals surface area contributed by atoms with E-state index in [2.05, 4.69) is 15.7 Å². The van der Waals surface area contributed by atoms with Gasteiger partial charge in [0.1, 0.15) is 5.82 Å². The van der Waals surface area contributed by atoms with Gasteiger partial charge in [-0.15, -0.1) is 0 Å². The first kappa shape index (κ1) is 20.1. The van der Waals surface area contributed by atoms with Crippen molar-refractivity contribution in [1.29, 1.82) is 0 Å². The van der Waals surface area contributed by atoms with E-state index in [1.807, 2.05) is 0 Å². The Morgan fingerprint density at radius 3 is 2.52 bits per heavy atom. The van der Waals surface area contributed by atoms with Crippen molar-refractivity contribution in [3.05, 3.63) is 46.6 Å². The predicted octanol–water partition coefficient (Wildman–Crippen LogP) is 5.26. The molecule has 9 heteroatoms. The summed E-state index contributed by atoms with van der Waals surface area (Å²) in [5.74, 6) is -0.239. The molecular formula is C20H22ClF3N4O. The van der Waals surface area contributed by atoms with E-state index in [4.69, 9.17) is 11.6 Å². The topological polar surface area (TPSA) is 59.0 Å². The Morgan fingerprint density at radius 2 is 1.86 bits per heavy atom. The Hall–Kier alpha value is -2.22. The van der Waals surface area contributed by atoms with Gasteiger partial charge in [0.2, 0.25) is 0 Å². The highest BCUT2D eigenvalue weighted by atomic mass is 35.5. The third-order valence-corrected chi connectivity index (χ3v) is 5.89. The fourth-order valence-corrected chi connectivity index (χ4v) is 4.23. The molecule has 1 saturated carbocycles. The van der Waals surface area contributed by atoms with Crippen LogP contribution >= 0.6 is 11.6 Å². The second-order valence-corrected chi connectivity index (χ2v) is 8.15. The number of alkyl halides is 3. The standard InChI is InChI=1S/C20H22ClF3N4O/c21-13-8-6-12(7-9-13)15-10-17(20(22,23)24)28-18(26-15)11-16(27-28)19(29)25-14-4-2-1-3-5-14/h6-9,11,14-15,17,26H,1-5,10H2,(H,25,29)/t15-,17-/m1/s1. The first-order valence-corrected chi connectivity index (χ1v) is 10.2. The number of hydrogen-bond acceptors (Lipinski definition) is 3. The minimum atomic E-state index is -4.48. The number of benzene rings is 1. The van der Waals surface area contributed by atoms with E-state index in [0.717, 1.165) is 36.8 Å². The number of anilines is 1. The molecule has 2 N–H and O–H groups in total. The number of fused-ring (bicyclic) bond motifs is 1. The maximum absolute atomic E-state index is 13.7. The van der Waals surface area contributed by atoms with Crippen LogP contribution in [-0.4, -0.2) is 27.9 Å². The van der Waals surface area contributed by atoms with Crippen molar-refractivity contribution in [2.75, 3.05) is 5.32 Å². The van der Waals surface area contributed by atoms with Crippen molar-refractivity contribution >= 4 is 23.3 Å². The lowest BCUT2D eigenvalue weighted by molar-refractivity contribution is -0.173. The molecule has 2 aromatic rings. The molecule has 4 rings (SSSR count). The number of amides is 1. The average Bonchev–Trinajstić information content (AvgIpc) is 3.12. The zero-order chi connectivity index (χ0) is 20.6. The quantitative estimate of drug-likeness (QED) is 0.703. The molecule has 2 atom stereocenters. The third-order valence-electron chi connectivity index (χ3n) is 5.64. The predicted molar refractivity (Wildman–Crippen MR) is 104 cm³/mol. The van der Waals surface area contributed by atoms with E-state index in [1.165, 1.54) is 6.07 Å². The minimum absolute atomic E-state index is 0.00378. The van der Waals surface area contributed by atoms with Crippen molar-refractivity contribution in [2.24, 2.45) is 0 Å². The zero-order valence-electron chi connectivity index (χ0n) is 15.7. The van der Waals surface area contributed by atoms with Gasteiger partial charge >= 0.3 is 6.18 Å². The Kier molecular flexibility index (Phi) is 5.46. The summed E-state index contributed by atoms with van der Waals surface area (Å²) in [5.41, 5.74) is 0.702. The van der Waals surface area contributed by atoms with Gasteiger partial charge in [0.15, 0.2) is 11.7 Å². The van der Waals surface area contributed by atoms with Gasteiger partial charge in [-0.1, -0.05) is 43.0 Å². The van der Waals surface area contributed by atoms with E-state index in [-0.39, 0.29) is 24.0 Å². The lowest BCUT2D eigenvalue weighted by Gasteiger charge is -2.33. The van der Waals surface area contributed by atoms with Crippen LogP contribution in [0.25, 0.3) is 0 Å². The van der Waals surface area contributed by atoms with Crippen molar-refractivity contribution in [2.45, 2.75) is 62.8 Å². The van der Waals surface area contributed by atoms with Gasteiger partial charge in [-0.05, 0) is 30.5 Å². The molecule has 156 valence electrons. The monoisotopic (exact) mass is 426 g/mol. The van der Waals surface area contributed by atoms with Gasteiger partial charge in [0.05, 0.1) is 6.04 Å². The van der Waals surface area contributed by atoms with Gasteiger partial charge in [0, 0.05) is 23.6 Å². The summed E-state index contributed by atoms with van der Waals surface area (Å²) in [5, 5.41) is 10.5. The third kappa shape index (κ3) is 4.37. The van der Waals surface area contributed by atoms with E-state index in [9.17, 15) is 18.0 Å². The molecule has 0 unspecified atom stereocenters. The first-order chi connectivity index (χ1) is 13.8. The van der Waals surface area contributed by atoms with Crippen molar-refractivity contribution < 1.29 is 18.0 Å². The summed E-state index contributed by atoms with van der Waals surface area (Å²) >= 11 is 5.89. The number of nitrogens with zero attached hydrogens (tertiary/aromatic N) is 2. The highest BCUT2D eigenvalue weighted by molar-refractivity contribution is 6.30. The normalized spacial score (nSPS) is 22.6. The molecule has 1 amide bonds. The summed E-state index contributed by atoms with van der Waals surface area (Å²) < 4.78 is 42.1. The van der Waals surface area contributed by atoms with Crippen LogP contribution in [0.4, 0.5) is 19.0 Å². The van der Waals surface area contributed by atoms with Crippen LogP contribution in [0.5, 0.6) is 0 Å². The maximum atomic E-state index is 13.7. The lowest BCUT2D eigenvalue weighted by Crippen LogP contribution is -2.37. The molecule has 0 saturated heterocycles. The first-order valence-electron chi connectivity index (χ1n) is 9.80. The summed E-state index contributed by atoms with van der Waals surface area (Å²) in [7, 11) is 0. The summed E-state index contributed by atoms with van der Waals surface area (Å²) in [6, 6.07) is 5.80. The second-order valence-electron chi connectivity index (χ2n) is 7.71. The number of nitrogens with one attached hydrogen (secondary N) is 2. The number of carbonyl (C=O) groups excluding carboxylic acids is 1. The van der Waals surface area contributed by atoms with Crippen LogP contribution in [0.1, 0.15) is 66.7 Å². The fraction of sp³-hybridized carbons (Fsp3) is 0.500. The smallest absolute Gasteiger partial charge is 0.363 e. The van der Waals surface area contributed by atoms with Crippen LogP contribution in [0.2, 0.25) is 5.02 Å². The number of carbonyl (C=O) groups is 1. The Labute approximate surface area is 171 Å². The number of halogens is 4. The maximum Gasteiger partial charge on any atom is 0.410 e. The van der Waals surface area contributed by atoms with Gasteiger partial charge < -0.3 is 10.6 Å². The molecule has 0 radical (unpaired) electrons. The summed E-state index contributed by atoms with van der Waals surface area (Å²) in [4.78, 5) is 12.6. The Morgan fingerprint density at radius 1 is 1.17 bits per heavy atom. The SMILES string of the molecule is O=C(NC1CCCCC1)c1cc2n(n1)[C@@H](C(F)(F)F)C[C@H](c1ccc(Cl)cc1)N2. The number of rotatable bonds is 3. The van der Waals surface area contributed by atoms with Crippen LogP contribution < -0.4 is 10.6 Å². The highest BCUT2D eigenvalue weighted by Crippen LogP contribution is 2.43. The molecule has 29 heavy (non-hydrogen) atoms. The van der Waals surface area contributed by atoms with Gasteiger partial charge in [-0.3, -0.25) is 4.79 Å². The molecule has 0 spiro atoms. The largest absolute Gasteiger partial charge is 0.410 e.